The lowest BCUT2D eigenvalue weighted by atomic mass is 9.91. The minimum absolute atomic E-state index is 0.0531. The first-order valence-corrected chi connectivity index (χ1v) is 12.5. The smallest absolute Gasteiger partial charge is 0.331 e. The topological polar surface area (TPSA) is 113 Å². The van der Waals surface area contributed by atoms with Gasteiger partial charge in [-0.05, 0) is 31.0 Å². The zero-order chi connectivity index (χ0) is 23.9. The van der Waals surface area contributed by atoms with Crippen LogP contribution in [0.25, 0.3) is 21.5 Å². The highest BCUT2D eigenvalue weighted by Gasteiger charge is 2.34. The number of hydrogen-bond donors (Lipinski definition) is 3. The Morgan fingerprint density at radius 1 is 1.09 bits per heavy atom. The molecule has 8 nitrogen and oxygen atoms in total. The molecule has 1 unspecified atom stereocenters. The van der Waals surface area contributed by atoms with Crippen molar-refractivity contribution < 1.29 is 9.59 Å². The van der Waals surface area contributed by atoms with E-state index in [9.17, 15) is 9.59 Å². The fourth-order valence-electron chi connectivity index (χ4n) is 4.90. The molecule has 0 saturated heterocycles. The minimum atomic E-state index is -0.336. The average molecular weight is 485 g/mol. The van der Waals surface area contributed by atoms with E-state index in [0.717, 1.165) is 42.3 Å². The number of nitrogens with two attached hydrogens (primary N) is 1. The lowest BCUT2D eigenvalue weighted by molar-refractivity contribution is 0.0926. The molecule has 4 aromatic rings. The van der Waals surface area contributed by atoms with Crippen LogP contribution < -0.4 is 21.3 Å². The Bertz CT molecular complexity index is 1440. The van der Waals surface area contributed by atoms with Crippen LogP contribution >= 0.6 is 11.3 Å². The monoisotopic (exact) mass is 484 g/mol. The van der Waals surface area contributed by atoms with Crippen molar-refractivity contribution in [1.29, 1.82) is 0 Å². The molecule has 4 N–H and O–H groups in total. The Balaban J connectivity index is 1.39. The van der Waals surface area contributed by atoms with Crippen LogP contribution in [0.5, 0.6) is 0 Å². The van der Waals surface area contributed by atoms with Gasteiger partial charge in [-0.15, -0.1) is 11.3 Å². The van der Waals surface area contributed by atoms with E-state index in [4.69, 9.17) is 5.73 Å². The molecule has 3 amide bonds. The van der Waals surface area contributed by atoms with Gasteiger partial charge in [-0.25, -0.2) is 9.78 Å². The summed E-state index contributed by atoms with van der Waals surface area (Å²) in [7, 11) is 0. The molecule has 1 aliphatic carbocycles. The number of carbonyl (C=O) groups is 2. The summed E-state index contributed by atoms with van der Waals surface area (Å²) in [5.74, 6) is -0.222. The van der Waals surface area contributed by atoms with Crippen molar-refractivity contribution in [3.05, 3.63) is 65.8 Å². The van der Waals surface area contributed by atoms with Crippen LogP contribution in [0.2, 0.25) is 0 Å². The number of amides is 3. The number of rotatable bonds is 4. The molecule has 0 radical (unpaired) electrons. The van der Waals surface area contributed by atoms with Gasteiger partial charge in [0.15, 0.2) is 0 Å². The summed E-state index contributed by atoms with van der Waals surface area (Å²) in [5, 5.41) is 6.81. The number of urea groups is 1. The van der Waals surface area contributed by atoms with Crippen LogP contribution in [0.15, 0.2) is 60.9 Å². The van der Waals surface area contributed by atoms with Gasteiger partial charge in [-0.2, -0.15) is 0 Å². The Morgan fingerprint density at radius 3 is 2.71 bits per heavy atom. The van der Waals surface area contributed by atoms with Crippen LogP contribution in [0, 0.1) is 0 Å². The van der Waals surface area contributed by atoms with Crippen molar-refractivity contribution in [2.45, 2.75) is 37.8 Å². The zero-order valence-corrected chi connectivity index (χ0v) is 19.7. The van der Waals surface area contributed by atoms with E-state index in [1.807, 2.05) is 36.4 Å². The average Bonchev–Trinajstić information content (AvgIpc) is 3.26. The van der Waals surface area contributed by atoms with Crippen molar-refractivity contribution in [1.82, 2.24) is 15.3 Å². The third-order valence-electron chi connectivity index (χ3n) is 6.66. The zero-order valence-electron chi connectivity index (χ0n) is 18.9. The molecule has 1 aromatic carbocycles. The molecule has 2 atom stereocenters. The number of aromatic nitrogens is 2. The maximum atomic E-state index is 13.4. The predicted molar refractivity (Wildman–Crippen MR) is 138 cm³/mol. The second-order valence-electron chi connectivity index (χ2n) is 8.88. The first kappa shape index (κ1) is 21.7. The molecule has 176 valence electrons. The van der Waals surface area contributed by atoms with Crippen molar-refractivity contribution in [2.24, 2.45) is 5.73 Å². The van der Waals surface area contributed by atoms with Crippen LogP contribution in [0.1, 0.15) is 35.4 Å². The van der Waals surface area contributed by atoms with Gasteiger partial charge in [0.2, 0.25) is 0 Å². The van der Waals surface area contributed by atoms with Crippen molar-refractivity contribution in [2.75, 3.05) is 10.2 Å². The van der Waals surface area contributed by atoms with Gasteiger partial charge in [-0.3, -0.25) is 14.7 Å². The van der Waals surface area contributed by atoms with Gasteiger partial charge in [0, 0.05) is 30.0 Å². The molecule has 9 heteroatoms. The summed E-state index contributed by atoms with van der Waals surface area (Å²) in [6, 6.07) is 14.9. The van der Waals surface area contributed by atoms with Crippen LogP contribution in [-0.4, -0.2) is 34.0 Å². The number of benzene rings is 1. The van der Waals surface area contributed by atoms with Crippen LogP contribution in [-0.2, 0) is 0 Å². The highest BCUT2D eigenvalue weighted by molar-refractivity contribution is 7.21. The van der Waals surface area contributed by atoms with Crippen LogP contribution in [0.4, 0.5) is 21.9 Å². The molecule has 1 aliphatic heterocycles. The second kappa shape index (κ2) is 8.75. The first-order valence-electron chi connectivity index (χ1n) is 11.7. The predicted octanol–water partition coefficient (Wildman–Crippen LogP) is 5.04. The summed E-state index contributed by atoms with van der Waals surface area (Å²) in [5.41, 5.74) is 9.84. The summed E-state index contributed by atoms with van der Waals surface area (Å²) in [4.78, 5) is 38.4. The fraction of sp³-hybridized carbons (Fsp3) is 0.231. The number of pyridine rings is 2. The highest BCUT2D eigenvalue weighted by atomic mass is 32.1. The van der Waals surface area contributed by atoms with Gasteiger partial charge >= 0.3 is 6.03 Å². The molecular weight excluding hydrogens is 460 g/mol. The Kier molecular flexibility index (Phi) is 5.43. The third kappa shape index (κ3) is 3.82. The lowest BCUT2D eigenvalue weighted by Gasteiger charge is -2.30. The third-order valence-corrected chi connectivity index (χ3v) is 7.76. The van der Waals surface area contributed by atoms with E-state index < -0.39 is 0 Å². The molecule has 4 heterocycles. The number of nitrogens with zero attached hydrogens (tertiary/aromatic N) is 3. The summed E-state index contributed by atoms with van der Waals surface area (Å²) in [6.07, 6.45) is 7.26. The van der Waals surface area contributed by atoms with E-state index in [0.29, 0.717) is 26.8 Å². The molecule has 0 spiro atoms. The van der Waals surface area contributed by atoms with E-state index in [-0.39, 0.29) is 24.0 Å². The summed E-state index contributed by atoms with van der Waals surface area (Å²) < 4.78 is 0. The van der Waals surface area contributed by atoms with E-state index in [1.165, 1.54) is 11.3 Å². The molecular formula is C26H24N6O2S. The Labute approximate surface area is 206 Å². The quantitative estimate of drug-likeness (QED) is 0.375. The molecule has 3 aromatic heterocycles. The van der Waals surface area contributed by atoms with E-state index >= 15 is 0 Å². The molecule has 35 heavy (non-hydrogen) atoms. The van der Waals surface area contributed by atoms with Gasteiger partial charge in [0.1, 0.15) is 9.71 Å². The molecule has 1 fully saturated rings. The normalized spacial score (nSPS) is 19.5. The second-order valence-corrected chi connectivity index (χ2v) is 9.87. The number of thiophene rings is 1. The molecule has 6 rings (SSSR count). The molecule has 1 saturated carbocycles. The first-order chi connectivity index (χ1) is 17.1. The SMILES string of the molecule is N[C@H]1CCCCC1NC(=O)c1sc2nccc3c2c1NC(=O)N3c1ccnc(-c2ccccc2)c1. The summed E-state index contributed by atoms with van der Waals surface area (Å²) in [6.45, 7) is 0. The highest BCUT2D eigenvalue weighted by Crippen LogP contribution is 2.46. The lowest BCUT2D eigenvalue weighted by Crippen LogP contribution is -2.49. The number of nitrogens with one attached hydrogen (secondary N) is 2. The Hall–Kier alpha value is -3.82. The van der Waals surface area contributed by atoms with Gasteiger partial charge < -0.3 is 16.4 Å². The number of anilines is 3. The number of carbonyl (C=O) groups excluding carboxylic acids is 2. The van der Waals surface area contributed by atoms with Crippen molar-refractivity contribution in [3.63, 3.8) is 0 Å². The van der Waals surface area contributed by atoms with Crippen molar-refractivity contribution in [3.8, 4) is 11.3 Å². The van der Waals surface area contributed by atoms with Gasteiger partial charge in [0.05, 0.1) is 28.1 Å². The maximum absolute atomic E-state index is 13.4. The molecule has 2 aliphatic rings. The number of hydrogen-bond acceptors (Lipinski definition) is 6. The van der Waals surface area contributed by atoms with E-state index in [2.05, 4.69) is 20.6 Å². The van der Waals surface area contributed by atoms with Crippen molar-refractivity contribution >= 4 is 50.6 Å². The maximum Gasteiger partial charge on any atom is 0.331 e. The summed E-state index contributed by atoms with van der Waals surface area (Å²) >= 11 is 1.28. The van der Waals surface area contributed by atoms with Crippen LogP contribution in [0.3, 0.4) is 0 Å². The Morgan fingerprint density at radius 2 is 1.89 bits per heavy atom. The van der Waals surface area contributed by atoms with E-state index in [1.54, 1.807) is 29.4 Å². The molecule has 0 bridgehead atoms. The largest absolute Gasteiger partial charge is 0.347 e. The van der Waals surface area contributed by atoms with Gasteiger partial charge in [0.25, 0.3) is 5.91 Å². The standard InChI is InChI=1S/C26H24N6O2S/c27-17-8-4-5-9-18(17)30-24(33)23-22-21-20(11-13-29-25(21)35-23)32(26(34)31-22)16-10-12-28-19(14-16)15-6-2-1-3-7-15/h1-3,6-7,10-14,17-18H,4-5,8-9,27H2,(H,30,33)(H,31,34)/t17-,18?/m0/s1. The minimum Gasteiger partial charge on any atom is -0.347 e. The van der Waals surface area contributed by atoms with Gasteiger partial charge in [-0.1, -0.05) is 43.2 Å². The fourth-order valence-corrected chi connectivity index (χ4v) is 5.92.